The van der Waals surface area contributed by atoms with Gasteiger partial charge in [-0.1, -0.05) is 17.8 Å². The molecule has 0 amide bonds. The lowest BCUT2D eigenvalue weighted by molar-refractivity contribution is 0.477. The lowest BCUT2D eigenvalue weighted by atomic mass is 10.4. The van der Waals surface area contributed by atoms with Crippen LogP contribution < -0.4 is 0 Å². The van der Waals surface area contributed by atoms with E-state index in [1.807, 2.05) is 12.1 Å². The summed E-state index contributed by atoms with van der Waals surface area (Å²) < 4.78 is 27.7. The van der Waals surface area contributed by atoms with Crippen molar-refractivity contribution in [2.45, 2.75) is 26.8 Å². The maximum Gasteiger partial charge on any atom is 0.243 e. The second-order valence-corrected chi connectivity index (χ2v) is 9.31. The maximum atomic E-state index is 12.6. The van der Waals surface area contributed by atoms with E-state index in [1.54, 1.807) is 28.6 Å². The molecule has 22 heavy (non-hydrogen) atoms. The summed E-state index contributed by atoms with van der Waals surface area (Å²) in [5.74, 6) is 0. The first-order valence-corrected chi connectivity index (χ1v) is 9.95. The lowest BCUT2D eigenvalue weighted by Gasteiger charge is -2.15. The standard InChI is InChI=1S/C15H14N2O2S3/c16-11-13-6-7-15(21-13)20-12-4-3-5-14(10-12)22(18,19)17-8-1-2-9-17/h3-7,10H,1-2,8-9H2. The third-order valence-electron chi connectivity index (χ3n) is 3.42. The van der Waals surface area contributed by atoms with Gasteiger partial charge in [0.2, 0.25) is 10.0 Å². The number of sulfonamides is 1. The zero-order chi connectivity index (χ0) is 15.6. The molecule has 0 radical (unpaired) electrons. The Balaban J connectivity index is 1.84. The number of hydrogen-bond acceptors (Lipinski definition) is 5. The minimum Gasteiger partial charge on any atom is -0.207 e. The van der Waals surface area contributed by atoms with Crippen LogP contribution in [0.1, 0.15) is 17.7 Å². The fourth-order valence-electron chi connectivity index (χ4n) is 2.33. The molecule has 114 valence electrons. The summed E-state index contributed by atoms with van der Waals surface area (Å²) in [6, 6.07) is 12.8. The average molecular weight is 350 g/mol. The van der Waals surface area contributed by atoms with Gasteiger partial charge < -0.3 is 0 Å². The minimum atomic E-state index is -3.38. The van der Waals surface area contributed by atoms with Crippen molar-refractivity contribution in [3.63, 3.8) is 0 Å². The summed E-state index contributed by atoms with van der Waals surface area (Å²) in [4.78, 5) is 1.87. The van der Waals surface area contributed by atoms with Gasteiger partial charge in [-0.25, -0.2) is 8.42 Å². The molecule has 2 aromatic rings. The first-order valence-electron chi connectivity index (χ1n) is 6.87. The molecule has 7 heteroatoms. The zero-order valence-corrected chi connectivity index (χ0v) is 14.2. The molecule has 3 rings (SSSR count). The highest BCUT2D eigenvalue weighted by molar-refractivity contribution is 8.01. The SMILES string of the molecule is N#Cc1ccc(Sc2cccc(S(=O)(=O)N3CCCC3)c2)s1. The summed E-state index contributed by atoms with van der Waals surface area (Å²) >= 11 is 2.89. The number of hydrogen-bond donors (Lipinski definition) is 0. The van der Waals surface area contributed by atoms with Crippen LogP contribution in [0, 0.1) is 11.3 Å². The fourth-order valence-corrected chi connectivity index (χ4v) is 5.93. The second kappa shape index (κ2) is 6.42. The quantitative estimate of drug-likeness (QED) is 0.846. The molecule has 0 atom stereocenters. The van der Waals surface area contributed by atoms with Crippen LogP contribution in [0.5, 0.6) is 0 Å². The van der Waals surface area contributed by atoms with Crippen LogP contribution in [0.15, 0.2) is 50.4 Å². The van der Waals surface area contributed by atoms with Gasteiger partial charge >= 0.3 is 0 Å². The van der Waals surface area contributed by atoms with Crippen LogP contribution in [-0.2, 0) is 10.0 Å². The molecule has 1 aromatic carbocycles. The number of rotatable bonds is 4. The molecule has 1 aliphatic rings. The van der Waals surface area contributed by atoms with Crippen molar-refractivity contribution in [1.82, 2.24) is 4.31 Å². The van der Waals surface area contributed by atoms with Crippen molar-refractivity contribution in [2.75, 3.05) is 13.1 Å². The van der Waals surface area contributed by atoms with Gasteiger partial charge in [-0.3, -0.25) is 0 Å². The van der Waals surface area contributed by atoms with E-state index in [4.69, 9.17) is 5.26 Å². The zero-order valence-electron chi connectivity index (χ0n) is 11.7. The van der Waals surface area contributed by atoms with Crippen molar-refractivity contribution in [1.29, 1.82) is 5.26 Å². The highest BCUT2D eigenvalue weighted by atomic mass is 32.2. The molecule has 0 bridgehead atoms. The Bertz CT molecular complexity index is 815. The number of nitriles is 1. The van der Waals surface area contributed by atoms with E-state index in [9.17, 15) is 8.42 Å². The maximum absolute atomic E-state index is 12.6. The molecule has 0 N–H and O–H groups in total. The van der Waals surface area contributed by atoms with Crippen LogP contribution in [0.25, 0.3) is 0 Å². The van der Waals surface area contributed by atoms with Gasteiger partial charge in [0.25, 0.3) is 0 Å². The van der Waals surface area contributed by atoms with E-state index in [1.165, 1.54) is 23.1 Å². The van der Waals surface area contributed by atoms with Gasteiger partial charge in [-0.15, -0.1) is 11.3 Å². The molecular formula is C15H14N2O2S3. The van der Waals surface area contributed by atoms with Gasteiger partial charge in [-0.2, -0.15) is 9.57 Å². The normalized spacial score (nSPS) is 15.8. The molecule has 0 aliphatic carbocycles. The summed E-state index contributed by atoms with van der Waals surface area (Å²) in [6.45, 7) is 1.21. The Hall–Kier alpha value is -1.33. The highest BCUT2D eigenvalue weighted by Crippen LogP contribution is 2.34. The van der Waals surface area contributed by atoms with Crippen molar-refractivity contribution in [2.24, 2.45) is 0 Å². The summed E-state index contributed by atoms with van der Waals surface area (Å²) in [5.41, 5.74) is 0. The predicted molar refractivity (Wildman–Crippen MR) is 87.6 cm³/mol. The van der Waals surface area contributed by atoms with Crippen molar-refractivity contribution >= 4 is 33.1 Å². The van der Waals surface area contributed by atoms with E-state index in [0.717, 1.165) is 21.9 Å². The van der Waals surface area contributed by atoms with Crippen LogP contribution in [0.3, 0.4) is 0 Å². The third kappa shape index (κ3) is 3.20. The molecule has 0 saturated carbocycles. The number of benzene rings is 1. The average Bonchev–Trinajstić information content (AvgIpc) is 3.19. The molecular weight excluding hydrogens is 336 g/mol. The predicted octanol–water partition coefficient (Wildman–Crippen LogP) is 3.56. The number of thiophene rings is 1. The molecule has 1 aliphatic heterocycles. The molecule has 1 aromatic heterocycles. The van der Waals surface area contributed by atoms with Gasteiger partial charge in [-0.05, 0) is 43.2 Å². The summed E-state index contributed by atoms with van der Waals surface area (Å²) in [6.07, 6.45) is 1.86. The van der Waals surface area contributed by atoms with Crippen molar-refractivity contribution < 1.29 is 8.42 Å². The largest absolute Gasteiger partial charge is 0.243 e. The van der Waals surface area contributed by atoms with E-state index in [0.29, 0.717) is 22.9 Å². The molecule has 4 nitrogen and oxygen atoms in total. The molecule has 0 spiro atoms. The van der Waals surface area contributed by atoms with Crippen LogP contribution in [0.4, 0.5) is 0 Å². The molecule has 1 saturated heterocycles. The van der Waals surface area contributed by atoms with Gasteiger partial charge in [0, 0.05) is 18.0 Å². The Kier molecular flexibility index (Phi) is 4.54. The van der Waals surface area contributed by atoms with E-state index >= 15 is 0 Å². The topological polar surface area (TPSA) is 61.2 Å². The Labute approximate surface area is 138 Å². The van der Waals surface area contributed by atoms with Gasteiger partial charge in [0.05, 0.1) is 9.10 Å². The summed E-state index contributed by atoms with van der Waals surface area (Å²) in [5, 5.41) is 8.86. The lowest BCUT2D eigenvalue weighted by Crippen LogP contribution is -2.27. The Morgan fingerprint density at radius 1 is 1.18 bits per heavy atom. The molecule has 0 unspecified atom stereocenters. The van der Waals surface area contributed by atoms with Crippen LogP contribution in [0.2, 0.25) is 0 Å². The fraction of sp³-hybridized carbons (Fsp3) is 0.267. The third-order valence-corrected chi connectivity index (χ3v) is 7.42. The van der Waals surface area contributed by atoms with E-state index in [2.05, 4.69) is 6.07 Å². The monoisotopic (exact) mass is 350 g/mol. The second-order valence-electron chi connectivity index (χ2n) is 4.92. The number of nitrogens with zero attached hydrogens (tertiary/aromatic N) is 2. The van der Waals surface area contributed by atoms with Gasteiger partial charge in [0.15, 0.2) is 0 Å². The Morgan fingerprint density at radius 2 is 1.95 bits per heavy atom. The Morgan fingerprint density at radius 3 is 2.64 bits per heavy atom. The van der Waals surface area contributed by atoms with Crippen molar-refractivity contribution in [3.05, 3.63) is 41.3 Å². The van der Waals surface area contributed by atoms with Crippen molar-refractivity contribution in [3.8, 4) is 6.07 Å². The first-order chi connectivity index (χ1) is 10.6. The van der Waals surface area contributed by atoms with Gasteiger partial charge in [0.1, 0.15) is 10.9 Å². The van der Waals surface area contributed by atoms with Crippen LogP contribution >= 0.6 is 23.1 Å². The minimum absolute atomic E-state index is 0.344. The van der Waals surface area contributed by atoms with E-state index < -0.39 is 10.0 Å². The molecule has 1 fully saturated rings. The highest BCUT2D eigenvalue weighted by Gasteiger charge is 2.27. The first kappa shape index (κ1) is 15.6. The van der Waals surface area contributed by atoms with Crippen LogP contribution in [-0.4, -0.2) is 25.8 Å². The summed E-state index contributed by atoms with van der Waals surface area (Å²) in [7, 11) is -3.38. The van der Waals surface area contributed by atoms with E-state index in [-0.39, 0.29) is 0 Å². The smallest absolute Gasteiger partial charge is 0.207 e. The molecule has 2 heterocycles.